The summed E-state index contributed by atoms with van der Waals surface area (Å²) in [5.41, 5.74) is 8.96. The van der Waals surface area contributed by atoms with Crippen LogP contribution in [0, 0.1) is 5.92 Å². The maximum absolute atomic E-state index is 9.71. The monoisotopic (exact) mass is 552 g/mol. The third-order valence-electron chi connectivity index (χ3n) is 7.50. The van der Waals surface area contributed by atoms with Gasteiger partial charge in [-0.2, -0.15) is 0 Å². The van der Waals surface area contributed by atoms with E-state index in [1.54, 1.807) is 33.4 Å². The van der Waals surface area contributed by atoms with E-state index in [4.69, 9.17) is 30.5 Å². The van der Waals surface area contributed by atoms with Crippen LogP contribution in [0.3, 0.4) is 0 Å². The van der Waals surface area contributed by atoms with E-state index in [1.807, 2.05) is 41.3 Å². The largest absolute Gasteiger partial charge is 0.497 e. The fraction of sp³-hybridized carbons (Fsp3) is 0.448. The number of aliphatic hydroxyl groups is 1. The molecule has 1 aromatic heterocycles. The number of aliphatic hydroxyl groups excluding tert-OH is 1. The lowest BCUT2D eigenvalue weighted by atomic mass is 9.86. The van der Waals surface area contributed by atoms with Gasteiger partial charge in [0, 0.05) is 49.0 Å². The average molecular weight is 553 g/mol. The first-order valence-electron chi connectivity index (χ1n) is 13.3. The van der Waals surface area contributed by atoms with E-state index in [-0.39, 0.29) is 18.6 Å². The van der Waals surface area contributed by atoms with Gasteiger partial charge < -0.3 is 34.7 Å². The topological polar surface area (TPSA) is 141 Å². The molecule has 11 nitrogen and oxygen atoms in total. The summed E-state index contributed by atoms with van der Waals surface area (Å²) in [5, 5.41) is 11.4. The zero-order chi connectivity index (χ0) is 28.6. The third-order valence-corrected chi connectivity index (χ3v) is 7.50. The smallest absolute Gasteiger partial charge is 0.171 e. The Balaban J connectivity index is 1.73. The number of anilines is 3. The predicted octanol–water partition coefficient (Wildman–Crippen LogP) is 3.53. The van der Waals surface area contributed by atoms with Gasteiger partial charge in [0.2, 0.25) is 0 Å². The second-order valence-corrected chi connectivity index (χ2v) is 9.92. The summed E-state index contributed by atoms with van der Waals surface area (Å²) in [6.45, 7) is 0.989. The van der Waals surface area contributed by atoms with Crippen molar-refractivity contribution in [2.45, 2.75) is 44.8 Å². The van der Waals surface area contributed by atoms with Crippen LogP contribution in [0.5, 0.6) is 23.0 Å². The Morgan fingerprint density at radius 1 is 0.850 bits per heavy atom. The van der Waals surface area contributed by atoms with Gasteiger partial charge in [0.1, 0.15) is 35.0 Å². The molecule has 5 N–H and O–H groups in total. The van der Waals surface area contributed by atoms with Crippen LogP contribution in [0.15, 0.2) is 42.7 Å². The number of benzene rings is 2. The van der Waals surface area contributed by atoms with Gasteiger partial charge >= 0.3 is 0 Å². The molecule has 4 rings (SSSR count). The first-order chi connectivity index (χ1) is 19.4. The minimum absolute atomic E-state index is 0.0211. The summed E-state index contributed by atoms with van der Waals surface area (Å²) < 4.78 is 22.1. The van der Waals surface area contributed by atoms with Crippen LogP contribution in [-0.2, 0) is 13.1 Å². The average Bonchev–Trinajstić information content (AvgIpc) is 3.00. The van der Waals surface area contributed by atoms with Gasteiger partial charge in [-0.25, -0.2) is 15.8 Å². The molecule has 1 fully saturated rings. The number of nitrogens with zero attached hydrogens (tertiary/aromatic N) is 4. The molecule has 0 radical (unpaired) electrons. The quantitative estimate of drug-likeness (QED) is 0.224. The minimum atomic E-state index is 0.0211. The normalized spacial score (nSPS) is 16.8. The molecule has 0 bridgehead atoms. The number of methoxy groups -OCH3 is 4. The maximum Gasteiger partial charge on any atom is 0.171 e. The molecule has 0 spiro atoms. The van der Waals surface area contributed by atoms with Gasteiger partial charge in [-0.05, 0) is 49.4 Å². The van der Waals surface area contributed by atoms with Gasteiger partial charge in [0.05, 0.1) is 28.4 Å². The molecule has 216 valence electrons. The maximum atomic E-state index is 9.71. The molecule has 2 unspecified atom stereocenters. The second kappa shape index (κ2) is 13.4. The molecule has 0 amide bonds. The molecule has 0 saturated heterocycles. The fourth-order valence-electron chi connectivity index (χ4n) is 5.27. The Hall–Kier alpha value is -3.96. The van der Waals surface area contributed by atoms with Gasteiger partial charge in [0.25, 0.3) is 0 Å². The minimum Gasteiger partial charge on any atom is -0.497 e. The molecule has 11 heteroatoms. The van der Waals surface area contributed by atoms with Crippen molar-refractivity contribution in [3.8, 4) is 23.0 Å². The Morgan fingerprint density at radius 3 is 1.95 bits per heavy atom. The molecule has 3 aromatic rings. The van der Waals surface area contributed by atoms with Crippen LogP contribution in [0.2, 0.25) is 0 Å². The van der Waals surface area contributed by atoms with E-state index in [2.05, 4.69) is 9.97 Å². The van der Waals surface area contributed by atoms with Crippen molar-refractivity contribution in [1.29, 1.82) is 0 Å². The number of nitrogens with two attached hydrogens (primary N) is 2. The van der Waals surface area contributed by atoms with Crippen LogP contribution >= 0.6 is 0 Å². The molecule has 1 heterocycles. The molecule has 2 aromatic carbocycles. The summed E-state index contributed by atoms with van der Waals surface area (Å²) in [5.74, 6) is 10.6. The highest BCUT2D eigenvalue weighted by Crippen LogP contribution is 2.36. The van der Waals surface area contributed by atoms with Gasteiger partial charge in [-0.1, -0.05) is 6.42 Å². The van der Waals surface area contributed by atoms with Gasteiger partial charge in [-0.3, -0.25) is 5.01 Å². The number of hydrogen-bond acceptors (Lipinski definition) is 11. The molecule has 1 saturated carbocycles. The lowest BCUT2D eigenvalue weighted by molar-refractivity contribution is 0.178. The van der Waals surface area contributed by atoms with Gasteiger partial charge in [-0.15, -0.1) is 0 Å². The number of nitrogen functional groups attached to an aromatic ring is 1. The Morgan fingerprint density at radius 2 is 1.43 bits per heavy atom. The van der Waals surface area contributed by atoms with Crippen molar-refractivity contribution in [1.82, 2.24) is 9.97 Å². The van der Waals surface area contributed by atoms with E-state index < -0.39 is 0 Å². The molecular weight excluding hydrogens is 512 g/mol. The highest BCUT2D eigenvalue weighted by Gasteiger charge is 2.29. The molecule has 0 aliphatic heterocycles. The Labute approximate surface area is 235 Å². The number of hydrazine groups is 1. The van der Waals surface area contributed by atoms with Crippen LogP contribution in [-0.4, -0.2) is 56.2 Å². The van der Waals surface area contributed by atoms with E-state index >= 15 is 0 Å². The number of aromatic nitrogens is 2. The van der Waals surface area contributed by atoms with E-state index in [9.17, 15) is 5.11 Å². The van der Waals surface area contributed by atoms with Crippen molar-refractivity contribution < 1.29 is 24.1 Å². The molecule has 40 heavy (non-hydrogen) atoms. The summed E-state index contributed by atoms with van der Waals surface area (Å²) in [6.07, 6.45) is 5.15. The van der Waals surface area contributed by atoms with Crippen LogP contribution in [0.25, 0.3) is 0 Å². The Bertz CT molecular complexity index is 1220. The van der Waals surface area contributed by atoms with Crippen LogP contribution < -0.4 is 40.4 Å². The lowest BCUT2D eigenvalue weighted by Crippen LogP contribution is -2.45. The number of ether oxygens (including phenoxy) is 4. The van der Waals surface area contributed by atoms with Crippen LogP contribution in [0.4, 0.5) is 17.3 Å². The number of rotatable bonds is 12. The van der Waals surface area contributed by atoms with Crippen molar-refractivity contribution in [3.63, 3.8) is 0 Å². The first kappa shape index (κ1) is 29.0. The zero-order valence-corrected chi connectivity index (χ0v) is 23.7. The highest BCUT2D eigenvalue weighted by atomic mass is 16.5. The predicted molar refractivity (Wildman–Crippen MR) is 155 cm³/mol. The van der Waals surface area contributed by atoms with Crippen LogP contribution in [0.1, 0.15) is 36.8 Å². The molecular formula is C29H40N6O5. The molecule has 2 atom stereocenters. The summed E-state index contributed by atoms with van der Waals surface area (Å²) in [4.78, 5) is 11.1. The Kier molecular flexibility index (Phi) is 9.73. The zero-order valence-electron chi connectivity index (χ0n) is 23.7. The van der Waals surface area contributed by atoms with E-state index in [0.717, 1.165) is 36.8 Å². The lowest BCUT2D eigenvalue weighted by Gasteiger charge is -2.36. The highest BCUT2D eigenvalue weighted by molar-refractivity contribution is 5.76. The third kappa shape index (κ3) is 6.43. The second-order valence-electron chi connectivity index (χ2n) is 9.92. The van der Waals surface area contributed by atoms with Crippen molar-refractivity contribution >= 4 is 17.3 Å². The van der Waals surface area contributed by atoms with E-state index in [1.165, 1.54) is 6.33 Å². The van der Waals surface area contributed by atoms with Crippen molar-refractivity contribution in [2.75, 3.05) is 50.7 Å². The van der Waals surface area contributed by atoms with Crippen molar-refractivity contribution in [3.05, 3.63) is 53.9 Å². The van der Waals surface area contributed by atoms with Crippen molar-refractivity contribution in [2.24, 2.45) is 11.8 Å². The van der Waals surface area contributed by atoms with Gasteiger partial charge in [0.15, 0.2) is 11.6 Å². The molecule has 1 aliphatic carbocycles. The standard InChI is InChI=1S/C29H40N6O5/c1-37-23-10-8-20(25(13-23)39-3)15-34(16-21-9-11-24(38-2)14-26(21)40-4)28-27(30)29(33-18-32-28)35(31)22-7-5-6-19(12-22)17-36/h8-11,13-14,18-19,22,36H,5-7,12,15-17,30-31H2,1-4H3. The van der Waals surface area contributed by atoms with E-state index in [0.29, 0.717) is 53.4 Å². The summed E-state index contributed by atoms with van der Waals surface area (Å²) in [7, 11) is 6.49. The summed E-state index contributed by atoms with van der Waals surface area (Å²) >= 11 is 0. The first-order valence-corrected chi connectivity index (χ1v) is 13.3. The fourth-order valence-corrected chi connectivity index (χ4v) is 5.27. The summed E-state index contributed by atoms with van der Waals surface area (Å²) in [6, 6.07) is 11.4. The number of hydrogen-bond donors (Lipinski definition) is 3. The molecule has 1 aliphatic rings. The SMILES string of the molecule is COc1ccc(CN(Cc2ccc(OC)cc2OC)c2ncnc(N(N)C3CCCC(CO)C3)c2N)c(OC)c1.